The largest absolute Gasteiger partial charge is 0.492 e. The summed E-state index contributed by atoms with van der Waals surface area (Å²) in [5.41, 5.74) is 0. The molecule has 108 valence electrons. The third kappa shape index (κ3) is 7.12. The number of rotatable bonds is 8. The van der Waals surface area contributed by atoms with Crippen molar-refractivity contribution in [1.29, 1.82) is 0 Å². The zero-order valence-corrected chi connectivity index (χ0v) is 12.0. The lowest BCUT2D eigenvalue weighted by molar-refractivity contribution is 0.339. The molecule has 1 aromatic carbocycles. The number of benzene rings is 1. The van der Waals surface area contributed by atoms with E-state index in [1.165, 1.54) is 24.3 Å². The summed E-state index contributed by atoms with van der Waals surface area (Å²) in [6.07, 6.45) is 0.804. The Hall–Kier alpha value is -1.14. The number of sulfonamides is 1. The monoisotopic (exact) mass is 289 g/mol. The van der Waals surface area contributed by atoms with Crippen LogP contribution < -0.4 is 9.46 Å². The van der Waals surface area contributed by atoms with Gasteiger partial charge in [0.1, 0.15) is 18.2 Å². The summed E-state index contributed by atoms with van der Waals surface area (Å²) in [7, 11) is -3.30. The van der Waals surface area contributed by atoms with E-state index >= 15 is 0 Å². The Morgan fingerprint density at radius 2 is 1.89 bits per heavy atom. The molecule has 0 saturated heterocycles. The highest BCUT2D eigenvalue weighted by atomic mass is 32.2. The molecule has 1 aromatic rings. The first kappa shape index (κ1) is 15.9. The zero-order chi connectivity index (χ0) is 14.3. The van der Waals surface area contributed by atoms with Crippen LogP contribution in [-0.2, 0) is 10.0 Å². The summed E-state index contributed by atoms with van der Waals surface area (Å²) < 4.78 is 43.6. The van der Waals surface area contributed by atoms with Gasteiger partial charge in [0.15, 0.2) is 0 Å². The van der Waals surface area contributed by atoms with Crippen LogP contribution in [0.25, 0.3) is 0 Å². The molecular formula is C13H20FNO3S. The summed E-state index contributed by atoms with van der Waals surface area (Å²) in [4.78, 5) is 0. The first-order valence-electron chi connectivity index (χ1n) is 6.25. The Morgan fingerprint density at radius 3 is 2.47 bits per heavy atom. The number of hydrogen-bond donors (Lipinski definition) is 1. The fourth-order valence-corrected chi connectivity index (χ4v) is 2.25. The molecule has 6 heteroatoms. The summed E-state index contributed by atoms with van der Waals surface area (Å²) in [5.74, 6) is 0.454. The lowest BCUT2D eigenvalue weighted by Crippen LogP contribution is -2.30. The van der Waals surface area contributed by atoms with Crippen LogP contribution >= 0.6 is 0 Å². The van der Waals surface area contributed by atoms with Gasteiger partial charge in [-0.2, -0.15) is 0 Å². The summed E-state index contributed by atoms with van der Waals surface area (Å²) in [6, 6.07) is 5.47. The Kier molecular flexibility index (Phi) is 6.24. The normalized spacial score (nSPS) is 11.8. The Labute approximate surface area is 114 Å². The SMILES string of the molecule is CC(C)CCNS(=O)(=O)CCOc1ccc(F)cc1. The van der Waals surface area contributed by atoms with Gasteiger partial charge < -0.3 is 4.74 Å². The standard InChI is InChI=1S/C13H20FNO3S/c1-11(2)7-8-15-19(16,17)10-9-18-13-5-3-12(14)4-6-13/h3-6,11,15H,7-10H2,1-2H3. The molecule has 0 atom stereocenters. The molecule has 0 spiro atoms. The lowest BCUT2D eigenvalue weighted by Gasteiger charge is -2.09. The molecule has 0 radical (unpaired) electrons. The highest BCUT2D eigenvalue weighted by Gasteiger charge is 2.10. The topological polar surface area (TPSA) is 55.4 Å². The van der Waals surface area contributed by atoms with Crippen LogP contribution in [-0.4, -0.2) is 27.3 Å². The van der Waals surface area contributed by atoms with Gasteiger partial charge >= 0.3 is 0 Å². The molecule has 0 fully saturated rings. The van der Waals surface area contributed by atoms with Crippen molar-refractivity contribution in [3.8, 4) is 5.75 Å². The van der Waals surface area contributed by atoms with E-state index in [2.05, 4.69) is 4.72 Å². The maximum Gasteiger partial charge on any atom is 0.214 e. The van der Waals surface area contributed by atoms with Crippen molar-refractivity contribution in [3.63, 3.8) is 0 Å². The molecule has 0 saturated carbocycles. The smallest absolute Gasteiger partial charge is 0.214 e. The molecule has 19 heavy (non-hydrogen) atoms. The van der Waals surface area contributed by atoms with E-state index in [1.54, 1.807) is 0 Å². The van der Waals surface area contributed by atoms with Gasteiger partial charge in [0, 0.05) is 6.54 Å². The van der Waals surface area contributed by atoms with Gasteiger partial charge in [-0.3, -0.25) is 0 Å². The van der Waals surface area contributed by atoms with Gasteiger partial charge in [-0.05, 0) is 36.6 Å². The molecule has 0 unspecified atom stereocenters. The lowest BCUT2D eigenvalue weighted by atomic mass is 10.1. The molecule has 0 bridgehead atoms. The van der Waals surface area contributed by atoms with Crippen LogP contribution in [0.2, 0.25) is 0 Å². The van der Waals surface area contributed by atoms with Crippen molar-refractivity contribution in [3.05, 3.63) is 30.1 Å². The Morgan fingerprint density at radius 1 is 1.26 bits per heavy atom. The second kappa shape index (κ2) is 7.45. The van der Waals surface area contributed by atoms with Crippen molar-refractivity contribution >= 4 is 10.0 Å². The van der Waals surface area contributed by atoms with E-state index in [9.17, 15) is 12.8 Å². The van der Waals surface area contributed by atoms with Gasteiger partial charge in [-0.25, -0.2) is 17.5 Å². The molecular weight excluding hydrogens is 269 g/mol. The summed E-state index contributed by atoms with van der Waals surface area (Å²) in [6.45, 7) is 4.55. The fraction of sp³-hybridized carbons (Fsp3) is 0.538. The Bertz CT molecular complexity index is 471. The van der Waals surface area contributed by atoms with Crippen molar-refractivity contribution in [2.45, 2.75) is 20.3 Å². The molecule has 0 amide bonds. The van der Waals surface area contributed by atoms with Crippen LogP contribution in [0.4, 0.5) is 4.39 Å². The molecule has 1 rings (SSSR count). The first-order chi connectivity index (χ1) is 8.89. The van der Waals surface area contributed by atoms with Crippen LogP contribution in [0.1, 0.15) is 20.3 Å². The van der Waals surface area contributed by atoms with Crippen molar-refractivity contribution in [2.24, 2.45) is 5.92 Å². The molecule has 4 nitrogen and oxygen atoms in total. The molecule has 1 N–H and O–H groups in total. The minimum Gasteiger partial charge on any atom is -0.492 e. The molecule has 0 heterocycles. The zero-order valence-electron chi connectivity index (χ0n) is 11.2. The van der Waals surface area contributed by atoms with E-state index in [-0.39, 0.29) is 18.2 Å². The van der Waals surface area contributed by atoms with Crippen LogP contribution in [0.15, 0.2) is 24.3 Å². The average molecular weight is 289 g/mol. The quantitative estimate of drug-likeness (QED) is 0.798. The van der Waals surface area contributed by atoms with Gasteiger partial charge in [0.05, 0.1) is 5.75 Å². The maximum absolute atomic E-state index is 12.6. The van der Waals surface area contributed by atoms with Crippen molar-refractivity contribution < 1.29 is 17.5 Å². The number of halogens is 1. The van der Waals surface area contributed by atoms with Crippen LogP contribution in [0.5, 0.6) is 5.75 Å². The van der Waals surface area contributed by atoms with E-state index in [0.717, 1.165) is 6.42 Å². The van der Waals surface area contributed by atoms with E-state index in [4.69, 9.17) is 4.74 Å². The number of nitrogens with one attached hydrogen (secondary N) is 1. The maximum atomic E-state index is 12.6. The van der Waals surface area contributed by atoms with E-state index < -0.39 is 10.0 Å². The average Bonchev–Trinajstić information content (AvgIpc) is 2.30. The molecule has 0 aromatic heterocycles. The fourth-order valence-electron chi connectivity index (χ4n) is 1.38. The molecule has 0 aliphatic rings. The predicted molar refractivity (Wildman–Crippen MR) is 73.1 cm³/mol. The highest BCUT2D eigenvalue weighted by molar-refractivity contribution is 7.89. The Balaban J connectivity index is 2.29. The number of ether oxygens (including phenoxy) is 1. The molecule has 0 aliphatic carbocycles. The minimum atomic E-state index is -3.30. The third-order valence-electron chi connectivity index (χ3n) is 2.48. The van der Waals surface area contributed by atoms with Crippen LogP contribution in [0.3, 0.4) is 0 Å². The van der Waals surface area contributed by atoms with Gasteiger partial charge in [0.2, 0.25) is 10.0 Å². The van der Waals surface area contributed by atoms with Crippen molar-refractivity contribution in [2.75, 3.05) is 18.9 Å². The van der Waals surface area contributed by atoms with Crippen molar-refractivity contribution in [1.82, 2.24) is 4.72 Å². The second-order valence-electron chi connectivity index (χ2n) is 4.70. The summed E-state index contributed by atoms with van der Waals surface area (Å²) >= 11 is 0. The highest BCUT2D eigenvalue weighted by Crippen LogP contribution is 2.10. The van der Waals surface area contributed by atoms with E-state index in [1.807, 2.05) is 13.8 Å². The molecule has 0 aliphatic heterocycles. The predicted octanol–water partition coefficient (Wildman–Crippen LogP) is 2.17. The van der Waals surface area contributed by atoms with Gasteiger partial charge in [0.25, 0.3) is 0 Å². The minimum absolute atomic E-state index is 0.0443. The first-order valence-corrected chi connectivity index (χ1v) is 7.90. The van der Waals surface area contributed by atoms with Crippen LogP contribution in [0, 0.1) is 11.7 Å². The summed E-state index contributed by atoms with van der Waals surface area (Å²) in [5, 5.41) is 0. The van der Waals surface area contributed by atoms with Gasteiger partial charge in [-0.1, -0.05) is 13.8 Å². The van der Waals surface area contributed by atoms with E-state index in [0.29, 0.717) is 18.2 Å². The second-order valence-corrected chi connectivity index (χ2v) is 6.62. The third-order valence-corrected chi connectivity index (χ3v) is 3.83. The van der Waals surface area contributed by atoms with Gasteiger partial charge in [-0.15, -0.1) is 0 Å². The number of hydrogen-bond acceptors (Lipinski definition) is 3.